The van der Waals surface area contributed by atoms with Gasteiger partial charge in [-0.3, -0.25) is 24.1 Å². The molecule has 1 N–H and O–H groups in total. The number of carbonyl (C=O) groups is 4. The number of benzene rings is 1. The van der Waals surface area contributed by atoms with E-state index in [9.17, 15) is 24.3 Å². The van der Waals surface area contributed by atoms with Crippen molar-refractivity contribution in [3.05, 3.63) is 35.4 Å². The topological polar surface area (TPSA) is 119 Å². The fraction of sp³-hybridized carbons (Fsp3) is 0.500. The highest BCUT2D eigenvalue weighted by Gasteiger charge is 2.55. The molecule has 5 atom stereocenters. The SMILES string of the molecule is CCS[C@@H]1OC(COC(C)=O)C(O)[C@H](OC(C)=O)C1N1C(=O)c2ccccc2C1=O. The maximum atomic E-state index is 13.0. The molecular formula is C20H23NO8S. The third kappa shape index (κ3) is 4.21. The molecule has 0 aliphatic carbocycles. The molecule has 0 aromatic heterocycles. The highest BCUT2D eigenvalue weighted by atomic mass is 32.2. The van der Waals surface area contributed by atoms with E-state index in [-0.39, 0.29) is 17.7 Å². The molecule has 3 unspecified atom stereocenters. The Labute approximate surface area is 177 Å². The fourth-order valence-electron chi connectivity index (χ4n) is 3.62. The second-order valence-electron chi connectivity index (χ2n) is 6.88. The van der Waals surface area contributed by atoms with Crippen molar-refractivity contribution < 1.29 is 38.5 Å². The van der Waals surface area contributed by atoms with Crippen LogP contribution in [-0.4, -0.2) is 75.9 Å². The molecule has 2 aliphatic heterocycles. The molecule has 0 radical (unpaired) electrons. The van der Waals surface area contributed by atoms with Gasteiger partial charge in [-0.1, -0.05) is 19.1 Å². The highest BCUT2D eigenvalue weighted by molar-refractivity contribution is 7.99. The van der Waals surface area contributed by atoms with E-state index in [1.165, 1.54) is 25.6 Å². The number of ether oxygens (including phenoxy) is 3. The van der Waals surface area contributed by atoms with Crippen LogP contribution in [0.5, 0.6) is 0 Å². The van der Waals surface area contributed by atoms with Crippen LogP contribution < -0.4 is 0 Å². The van der Waals surface area contributed by atoms with Crippen LogP contribution >= 0.6 is 11.8 Å². The summed E-state index contributed by atoms with van der Waals surface area (Å²) in [5.74, 6) is -1.78. The number of nitrogens with zero attached hydrogens (tertiary/aromatic N) is 1. The normalized spacial score (nSPS) is 28.3. The van der Waals surface area contributed by atoms with Gasteiger partial charge in [-0.05, 0) is 17.9 Å². The van der Waals surface area contributed by atoms with Gasteiger partial charge in [0, 0.05) is 13.8 Å². The number of aliphatic hydroxyl groups excluding tert-OH is 1. The number of aliphatic hydroxyl groups is 1. The zero-order chi connectivity index (χ0) is 22.0. The Hall–Kier alpha value is -2.43. The van der Waals surface area contributed by atoms with E-state index >= 15 is 0 Å². The van der Waals surface area contributed by atoms with E-state index in [4.69, 9.17) is 14.2 Å². The minimum Gasteiger partial charge on any atom is -0.463 e. The van der Waals surface area contributed by atoms with Gasteiger partial charge in [-0.15, -0.1) is 11.8 Å². The van der Waals surface area contributed by atoms with Crippen molar-refractivity contribution in [1.82, 2.24) is 4.90 Å². The van der Waals surface area contributed by atoms with Crippen LogP contribution in [-0.2, 0) is 23.8 Å². The van der Waals surface area contributed by atoms with Crippen molar-refractivity contribution in [3.63, 3.8) is 0 Å². The minimum atomic E-state index is -1.42. The Bertz CT molecular complexity index is 824. The molecule has 30 heavy (non-hydrogen) atoms. The van der Waals surface area contributed by atoms with E-state index in [2.05, 4.69) is 0 Å². The molecule has 9 nitrogen and oxygen atoms in total. The molecule has 162 valence electrons. The van der Waals surface area contributed by atoms with Gasteiger partial charge >= 0.3 is 11.9 Å². The highest BCUT2D eigenvalue weighted by Crippen LogP contribution is 2.37. The summed E-state index contributed by atoms with van der Waals surface area (Å²) in [4.78, 5) is 50.1. The Morgan fingerprint density at radius 3 is 2.23 bits per heavy atom. The van der Waals surface area contributed by atoms with Crippen LogP contribution in [0.15, 0.2) is 24.3 Å². The van der Waals surface area contributed by atoms with Gasteiger partial charge in [0.15, 0.2) is 6.10 Å². The fourth-order valence-corrected chi connectivity index (χ4v) is 4.64. The van der Waals surface area contributed by atoms with Gasteiger partial charge in [0.25, 0.3) is 11.8 Å². The lowest BCUT2D eigenvalue weighted by Crippen LogP contribution is -2.65. The number of thioether (sulfide) groups is 1. The molecule has 1 aromatic rings. The number of fused-ring (bicyclic) bond motifs is 1. The molecular weight excluding hydrogens is 414 g/mol. The summed E-state index contributed by atoms with van der Waals surface area (Å²) in [5, 5.41) is 10.8. The third-order valence-corrected chi connectivity index (χ3v) is 5.90. The number of imide groups is 1. The van der Waals surface area contributed by atoms with Crippen LogP contribution in [0.3, 0.4) is 0 Å². The Morgan fingerprint density at radius 1 is 1.13 bits per heavy atom. The Kier molecular flexibility index (Phi) is 6.79. The second kappa shape index (κ2) is 9.15. The summed E-state index contributed by atoms with van der Waals surface area (Å²) in [6.45, 7) is 3.99. The smallest absolute Gasteiger partial charge is 0.303 e. The summed E-state index contributed by atoms with van der Waals surface area (Å²) in [6, 6.07) is 5.33. The molecule has 1 fully saturated rings. The molecule has 2 amide bonds. The maximum Gasteiger partial charge on any atom is 0.303 e. The zero-order valence-electron chi connectivity index (χ0n) is 16.8. The van der Waals surface area contributed by atoms with E-state index in [0.29, 0.717) is 5.75 Å². The number of hydrogen-bond donors (Lipinski definition) is 1. The Morgan fingerprint density at radius 2 is 1.73 bits per heavy atom. The van der Waals surface area contributed by atoms with Crippen LogP contribution in [0.25, 0.3) is 0 Å². The molecule has 10 heteroatoms. The molecule has 2 heterocycles. The molecule has 1 saturated heterocycles. The van der Waals surface area contributed by atoms with E-state index in [0.717, 1.165) is 4.90 Å². The van der Waals surface area contributed by atoms with Gasteiger partial charge < -0.3 is 19.3 Å². The minimum absolute atomic E-state index is 0.237. The van der Waals surface area contributed by atoms with E-state index in [1.54, 1.807) is 24.3 Å². The number of carbonyl (C=O) groups excluding carboxylic acids is 4. The monoisotopic (exact) mass is 437 g/mol. The van der Waals surface area contributed by atoms with Gasteiger partial charge in [-0.25, -0.2) is 0 Å². The lowest BCUT2D eigenvalue weighted by atomic mass is 9.96. The van der Waals surface area contributed by atoms with Gasteiger partial charge in [-0.2, -0.15) is 0 Å². The molecule has 0 spiro atoms. The summed E-state index contributed by atoms with van der Waals surface area (Å²) in [5.41, 5.74) is -0.327. The quantitative estimate of drug-likeness (QED) is 0.513. The third-order valence-electron chi connectivity index (χ3n) is 4.85. The summed E-state index contributed by atoms with van der Waals surface area (Å²) in [6.07, 6.45) is -3.66. The first kappa shape index (κ1) is 22.3. The van der Waals surface area contributed by atoms with Crippen LogP contribution in [0.1, 0.15) is 41.5 Å². The second-order valence-corrected chi connectivity index (χ2v) is 8.26. The van der Waals surface area contributed by atoms with Crippen molar-refractivity contribution >= 4 is 35.5 Å². The first-order valence-corrected chi connectivity index (χ1v) is 10.5. The number of amides is 2. The van der Waals surface area contributed by atoms with E-state index in [1.807, 2.05) is 6.92 Å². The maximum absolute atomic E-state index is 13.0. The molecule has 2 aliphatic rings. The molecule has 0 bridgehead atoms. The van der Waals surface area contributed by atoms with Crippen molar-refractivity contribution in [2.45, 2.75) is 50.6 Å². The van der Waals surface area contributed by atoms with Crippen LogP contribution in [0.4, 0.5) is 0 Å². The van der Waals surface area contributed by atoms with Crippen molar-refractivity contribution in [2.24, 2.45) is 0 Å². The lowest BCUT2D eigenvalue weighted by Gasteiger charge is -2.46. The van der Waals surface area contributed by atoms with Gasteiger partial charge in [0.1, 0.15) is 30.3 Å². The molecule has 3 rings (SSSR count). The Balaban J connectivity index is 1.99. The summed E-state index contributed by atoms with van der Waals surface area (Å²) < 4.78 is 16.3. The van der Waals surface area contributed by atoms with Crippen molar-refractivity contribution in [1.29, 1.82) is 0 Å². The predicted molar refractivity (Wildman–Crippen MR) is 106 cm³/mol. The van der Waals surface area contributed by atoms with Gasteiger partial charge in [0.05, 0.1) is 11.1 Å². The standard InChI is InChI=1S/C20H23NO8S/c1-4-30-20-15(21-18(25)12-7-5-6-8-13(12)19(21)26)17(28-11(3)23)16(24)14(29-20)9-27-10(2)22/h5-8,14-17,20,24H,4,9H2,1-3H3/t14?,15?,16?,17-,20+/m1/s1. The van der Waals surface area contributed by atoms with Crippen molar-refractivity contribution in [2.75, 3.05) is 12.4 Å². The zero-order valence-corrected chi connectivity index (χ0v) is 17.6. The van der Waals surface area contributed by atoms with Gasteiger partial charge in [0.2, 0.25) is 0 Å². The molecule has 0 saturated carbocycles. The predicted octanol–water partition coefficient (Wildman–Crippen LogP) is 0.985. The average Bonchev–Trinajstić information content (AvgIpc) is 2.94. The number of esters is 2. The van der Waals surface area contributed by atoms with Crippen LogP contribution in [0, 0.1) is 0 Å². The van der Waals surface area contributed by atoms with E-state index < -0.39 is 53.5 Å². The summed E-state index contributed by atoms with van der Waals surface area (Å²) >= 11 is 1.29. The molecule has 1 aromatic carbocycles. The lowest BCUT2D eigenvalue weighted by molar-refractivity contribution is -0.205. The summed E-state index contributed by atoms with van der Waals surface area (Å²) in [7, 11) is 0. The van der Waals surface area contributed by atoms with Crippen molar-refractivity contribution in [3.8, 4) is 0 Å². The first-order chi connectivity index (χ1) is 14.3. The number of hydrogen-bond acceptors (Lipinski definition) is 9. The number of rotatable bonds is 6. The first-order valence-electron chi connectivity index (χ1n) is 9.48. The average molecular weight is 437 g/mol. The largest absolute Gasteiger partial charge is 0.463 e. The van der Waals surface area contributed by atoms with Crippen LogP contribution in [0.2, 0.25) is 0 Å².